The van der Waals surface area contributed by atoms with Crippen molar-refractivity contribution in [3.8, 4) is 0 Å². The predicted octanol–water partition coefficient (Wildman–Crippen LogP) is 4.26. The van der Waals surface area contributed by atoms with Crippen molar-refractivity contribution in [3.05, 3.63) is 77.4 Å². The summed E-state index contributed by atoms with van der Waals surface area (Å²) in [5.74, 6) is -1.06. The summed E-state index contributed by atoms with van der Waals surface area (Å²) in [5.41, 5.74) is -0.481. The Hall–Kier alpha value is -3.29. The Morgan fingerprint density at radius 3 is 2.38 bits per heavy atom. The second-order valence-corrected chi connectivity index (χ2v) is 11.0. The summed E-state index contributed by atoms with van der Waals surface area (Å²) < 4.78 is 16.3. The van der Waals surface area contributed by atoms with E-state index in [4.69, 9.17) is 0 Å². The number of carbonyl (C=O) groups is 2. The number of halogens is 1. The number of fused-ring (bicyclic) bond motifs is 1. The van der Waals surface area contributed by atoms with Crippen molar-refractivity contribution in [2.45, 2.75) is 49.5 Å². The summed E-state index contributed by atoms with van der Waals surface area (Å²) >= 11 is 0. The largest absolute Gasteiger partial charge is 0.383 e. The first-order valence-corrected chi connectivity index (χ1v) is 13.0. The molecule has 0 bridgehead atoms. The number of amides is 2. The van der Waals surface area contributed by atoms with Crippen LogP contribution in [0.2, 0.25) is 0 Å². The van der Waals surface area contributed by atoms with Gasteiger partial charge in [0.15, 0.2) is 0 Å². The van der Waals surface area contributed by atoms with Crippen molar-refractivity contribution < 1.29 is 19.1 Å². The maximum atomic E-state index is 16.3. The quantitative estimate of drug-likeness (QED) is 0.581. The number of likely N-dealkylation sites (tertiary alicyclic amines) is 1. The van der Waals surface area contributed by atoms with Crippen LogP contribution in [0, 0.1) is 0 Å². The molecular weight excluding hydrogens is 469 g/mol. The van der Waals surface area contributed by atoms with Gasteiger partial charge in [0.1, 0.15) is 5.60 Å². The Bertz CT molecular complexity index is 1410. The first kappa shape index (κ1) is 24.1. The Kier molecular flexibility index (Phi) is 5.44. The fourth-order valence-electron chi connectivity index (χ4n) is 6.76. The minimum atomic E-state index is -2.36. The third-order valence-corrected chi connectivity index (χ3v) is 8.58. The molecule has 6 nitrogen and oxygen atoms in total. The van der Waals surface area contributed by atoms with Gasteiger partial charge in [-0.25, -0.2) is 4.39 Å². The number of piperidine rings is 1. The lowest BCUT2D eigenvalue weighted by Gasteiger charge is -2.43. The fourth-order valence-corrected chi connectivity index (χ4v) is 6.76. The van der Waals surface area contributed by atoms with Crippen molar-refractivity contribution in [1.82, 2.24) is 9.80 Å². The standard InChI is InChI=1S/C30H32FN3O3/c1-29(37)23-12-7-9-19-8-6-10-21(26(19)23)27(29)33-16-14-20(15-17-33)34-24-13-5-4-11-22(24)30(31,28(34)36)18-25(35)32(2)3/h4-13,20,27,37H,14-18H2,1-3H3/t27-,29-,30?/m0/s1. The van der Waals surface area contributed by atoms with E-state index in [2.05, 4.69) is 23.1 Å². The van der Waals surface area contributed by atoms with E-state index in [0.29, 0.717) is 31.6 Å². The van der Waals surface area contributed by atoms with Crippen LogP contribution in [0.5, 0.6) is 0 Å². The maximum Gasteiger partial charge on any atom is 0.270 e. The number of hydrogen-bond donors (Lipinski definition) is 1. The molecule has 1 aliphatic carbocycles. The molecule has 3 aliphatic rings. The smallest absolute Gasteiger partial charge is 0.270 e. The Morgan fingerprint density at radius 1 is 1.03 bits per heavy atom. The van der Waals surface area contributed by atoms with E-state index >= 15 is 4.39 Å². The van der Waals surface area contributed by atoms with Crippen LogP contribution in [0.3, 0.4) is 0 Å². The van der Waals surface area contributed by atoms with E-state index in [1.807, 2.05) is 25.1 Å². The lowest BCUT2D eigenvalue weighted by Crippen LogP contribution is -2.51. The number of carbonyl (C=O) groups excluding carboxylic acids is 2. The number of anilines is 1. The molecule has 2 amide bonds. The number of benzene rings is 3. The van der Waals surface area contributed by atoms with Crippen LogP contribution in [0.4, 0.5) is 10.1 Å². The summed E-state index contributed by atoms with van der Waals surface area (Å²) in [6.45, 7) is 3.22. The maximum absolute atomic E-state index is 16.3. The lowest BCUT2D eigenvalue weighted by molar-refractivity contribution is -0.140. The molecule has 37 heavy (non-hydrogen) atoms. The number of para-hydroxylation sites is 1. The molecule has 1 N–H and O–H groups in total. The number of alkyl halides is 1. The molecular formula is C30H32FN3O3. The molecule has 7 heteroatoms. The summed E-state index contributed by atoms with van der Waals surface area (Å²) in [7, 11) is 3.14. The monoisotopic (exact) mass is 501 g/mol. The van der Waals surface area contributed by atoms with Gasteiger partial charge in [0.2, 0.25) is 11.6 Å². The number of aliphatic hydroxyl groups is 1. The fraction of sp³-hybridized carbons (Fsp3) is 0.400. The number of rotatable bonds is 4. The summed E-state index contributed by atoms with van der Waals surface area (Å²) in [6.07, 6.45) is 0.797. The zero-order valence-corrected chi connectivity index (χ0v) is 21.4. The van der Waals surface area contributed by atoms with Gasteiger partial charge >= 0.3 is 0 Å². The molecule has 2 heterocycles. The summed E-state index contributed by atoms with van der Waals surface area (Å²) in [5, 5.41) is 13.9. The van der Waals surface area contributed by atoms with E-state index in [0.717, 1.165) is 21.9 Å². The first-order valence-electron chi connectivity index (χ1n) is 13.0. The molecule has 2 aliphatic heterocycles. The Morgan fingerprint density at radius 2 is 1.68 bits per heavy atom. The molecule has 0 radical (unpaired) electrons. The van der Waals surface area contributed by atoms with Gasteiger partial charge in [-0.3, -0.25) is 14.5 Å². The zero-order chi connectivity index (χ0) is 26.1. The average molecular weight is 502 g/mol. The van der Waals surface area contributed by atoms with Crippen molar-refractivity contribution in [1.29, 1.82) is 0 Å². The highest BCUT2D eigenvalue weighted by atomic mass is 19.1. The third kappa shape index (κ3) is 3.44. The van der Waals surface area contributed by atoms with Gasteiger partial charge in [0, 0.05) is 38.8 Å². The molecule has 1 saturated heterocycles. The van der Waals surface area contributed by atoms with E-state index in [1.54, 1.807) is 43.3 Å². The zero-order valence-electron chi connectivity index (χ0n) is 21.4. The van der Waals surface area contributed by atoms with Gasteiger partial charge in [-0.2, -0.15) is 0 Å². The molecule has 0 spiro atoms. The molecule has 1 unspecified atom stereocenters. The normalized spacial score (nSPS) is 27.6. The second kappa shape index (κ2) is 8.36. The van der Waals surface area contributed by atoms with Gasteiger partial charge < -0.3 is 14.9 Å². The average Bonchev–Trinajstić information content (AvgIpc) is 3.25. The molecule has 192 valence electrons. The van der Waals surface area contributed by atoms with Crippen LogP contribution >= 0.6 is 0 Å². The Balaban J connectivity index is 1.26. The van der Waals surface area contributed by atoms with Gasteiger partial charge in [-0.1, -0.05) is 54.6 Å². The lowest BCUT2D eigenvalue weighted by atomic mass is 9.89. The van der Waals surface area contributed by atoms with Crippen LogP contribution in [-0.4, -0.2) is 59.9 Å². The molecule has 1 fully saturated rings. The van der Waals surface area contributed by atoms with Crippen molar-refractivity contribution in [2.75, 3.05) is 32.1 Å². The number of nitrogens with zero attached hydrogens (tertiary/aromatic N) is 3. The van der Waals surface area contributed by atoms with E-state index in [-0.39, 0.29) is 17.6 Å². The molecule has 0 saturated carbocycles. The highest BCUT2D eigenvalue weighted by molar-refractivity contribution is 6.09. The minimum absolute atomic E-state index is 0.179. The SMILES string of the molecule is CN(C)C(=O)CC1(F)C(=O)N(C2CCN([C@H]3c4cccc5cccc(c45)[C@]3(C)O)CC2)c2ccccc21. The highest BCUT2D eigenvalue weighted by Gasteiger charge is 2.55. The van der Waals surface area contributed by atoms with Crippen LogP contribution < -0.4 is 4.90 Å². The minimum Gasteiger partial charge on any atom is -0.383 e. The first-order chi connectivity index (χ1) is 17.6. The molecule has 3 aromatic carbocycles. The Labute approximate surface area is 216 Å². The van der Waals surface area contributed by atoms with Gasteiger partial charge in [-0.15, -0.1) is 0 Å². The highest BCUT2D eigenvalue weighted by Crippen LogP contribution is 2.52. The summed E-state index contributed by atoms with van der Waals surface area (Å²) in [6, 6.07) is 18.9. The molecule has 3 atom stereocenters. The second-order valence-electron chi connectivity index (χ2n) is 11.0. The van der Waals surface area contributed by atoms with Crippen molar-refractivity contribution in [2.24, 2.45) is 0 Å². The van der Waals surface area contributed by atoms with Crippen LogP contribution in [-0.2, 0) is 20.9 Å². The van der Waals surface area contributed by atoms with Crippen LogP contribution in [0.1, 0.15) is 48.9 Å². The predicted molar refractivity (Wildman–Crippen MR) is 141 cm³/mol. The van der Waals surface area contributed by atoms with Crippen LogP contribution in [0.25, 0.3) is 10.8 Å². The topological polar surface area (TPSA) is 64.1 Å². The van der Waals surface area contributed by atoms with Crippen molar-refractivity contribution >= 4 is 28.3 Å². The number of hydrogen-bond acceptors (Lipinski definition) is 4. The molecule has 3 aromatic rings. The van der Waals surface area contributed by atoms with E-state index in [1.165, 1.54) is 4.90 Å². The van der Waals surface area contributed by atoms with Crippen molar-refractivity contribution in [3.63, 3.8) is 0 Å². The van der Waals surface area contributed by atoms with E-state index < -0.39 is 29.5 Å². The third-order valence-electron chi connectivity index (χ3n) is 8.58. The van der Waals surface area contributed by atoms with Gasteiger partial charge in [-0.05, 0) is 47.7 Å². The van der Waals surface area contributed by atoms with Gasteiger partial charge in [0.05, 0.1) is 18.2 Å². The van der Waals surface area contributed by atoms with Gasteiger partial charge in [0.25, 0.3) is 5.91 Å². The molecule has 6 rings (SSSR count). The van der Waals surface area contributed by atoms with Crippen LogP contribution in [0.15, 0.2) is 60.7 Å². The summed E-state index contributed by atoms with van der Waals surface area (Å²) in [4.78, 5) is 31.3. The molecule has 0 aromatic heterocycles. The van der Waals surface area contributed by atoms with E-state index in [9.17, 15) is 14.7 Å².